The molecule has 0 aromatic carbocycles. The first-order valence-corrected chi connectivity index (χ1v) is 10.4. The summed E-state index contributed by atoms with van der Waals surface area (Å²) in [5, 5.41) is 0. The lowest BCUT2D eigenvalue weighted by Gasteiger charge is -2.42. The molecule has 144 valence electrons. The molecular weight excluding hydrogens is 304 g/mol. The molecule has 0 aromatic rings. The zero-order valence-electron chi connectivity index (χ0n) is 16.5. The van der Waals surface area contributed by atoms with Crippen LogP contribution in [0.3, 0.4) is 0 Å². The van der Waals surface area contributed by atoms with E-state index in [4.69, 9.17) is 19.6 Å². The topological polar surface area (TPSA) is 36.9 Å². The molecule has 0 N–H and O–H groups in total. The van der Waals surface area contributed by atoms with Crippen LogP contribution < -0.4 is 0 Å². The van der Waals surface area contributed by atoms with Crippen molar-refractivity contribution < 1.29 is 19.6 Å². The van der Waals surface area contributed by atoms with Gasteiger partial charge in [0.25, 0.3) is 0 Å². The Bertz CT molecular complexity index is 268. The van der Waals surface area contributed by atoms with Gasteiger partial charge in [0, 0.05) is 25.7 Å². The number of unbranched alkanes of at least 4 members (excludes halogenated alkanes) is 8. The van der Waals surface area contributed by atoms with E-state index in [1.807, 2.05) is 0 Å². The van der Waals surface area contributed by atoms with Crippen LogP contribution in [0, 0.1) is 0 Å². The number of rotatable bonds is 14. The summed E-state index contributed by atoms with van der Waals surface area (Å²) in [5.74, 6) is -1.46. The Morgan fingerprint density at radius 2 is 0.792 bits per heavy atom. The van der Waals surface area contributed by atoms with Crippen LogP contribution in [0.5, 0.6) is 0 Å². The number of hydrogen-bond donors (Lipinski definition) is 0. The molecule has 1 rings (SSSR count). The molecule has 4 nitrogen and oxygen atoms in total. The Balaban J connectivity index is 2.35. The van der Waals surface area contributed by atoms with Gasteiger partial charge in [-0.3, -0.25) is 0 Å². The van der Waals surface area contributed by atoms with Gasteiger partial charge in [-0.25, -0.2) is 0 Å². The van der Waals surface area contributed by atoms with E-state index in [1.54, 1.807) is 0 Å². The van der Waals surface area contributed by atoms with Crippen molar-refractivity contribution in [3.63, 3.8) is 0 Å². The van der Waals surface area contributed by atoms with Crippen LogP contribution >= 0.6 is 0 Å². The number of hydrogen-bond acceptors (Lipinski definition) is 4. The molecule has 4 heteroatoms. The molecule has 0 radical (unpaired) electrons. The lowest BCUT2D eigenvalue weighted by molar-refractivity contribution is -0.659. The fourth-order valence-electron chi connectivity index (χ4n) is 3.08. The standard InChI is InChI=1S/C20H40O4/c1-5-9-11-13-15-17-19(7-3)21-23-20(8-4,24-22-19)18-16-14-12-10-6-2/h5-18H2,1-4H3. The Hall–Kier alpha value is -0.160. The summed E-state index contributed by atoms with van der Waals surface area (Å²) in [4.78, 5) is 23.0. The van der Waals surface area contributed by atoms with E-state index in [9.17, 15) is 0 Å². The first kappa shape index (κ1) is 21.9. The van der Waals surface area contributed by atoms with Gasteiger partial charge in [0.15, 0.2) is 0 Å². The summed E-state index contributed by atoms with van der Waals surface area (Å²) >= 11 is 0. The minimum absolute atomic E-state index is 0.729. The minimum Gasteiger partial charge on any atom is -0.195 e. The van der Waals surface area contributed by atoms with Gasteiger partial charge in [-0.15, -0.1) is 0 Å². The molecule has 0 atom stereocenters. The van der Waals surface area contributed by atoms with Crippen molar-refractivity contribution in [3.8, 4) is 0 Å². The lowest BCUT2D eigenvalue weighted by Crippen LogP contribution is -2.50. The molecule has 1 heterocycles. The highest BCUT2D eigenvalue weighted by molar-refractivity contribution is 4.72. The molecule has 1 saturated heterocycles. The van der Waals surface area contributed by atoms with Crippen molar-refractivity contribution >= 4 is 0 Å². The first-order chi connectivity index (χ1) is 11.7. The first-order valence-electron chi connectivity index (χ1n) is 10.4. The van der Waals surface area contributed by atoms with Crippen molar-refractivity contribution in [2.24, 2.45) is 0 Å². The van der Waals surface area contributed by atoms with Crippen molar-refractivity contribution in [2.75, 3.05) is 0 Å². The largest absolute Gasteiger partial charge is 0.234 e. The van der Waals surface area contributed by atoms with Gasteiger partial charge in [0.05, 0.1) is 0 Å². The quantitative estimate of drug-likeness (QED) is 0.255. The lowest BCUT2D eigenvalue weighted by atomic mass is 10.0. The second-order valence-corrected chi connectivity index (χ2v) is 7.19. The third-order valence-corrected chi connectivity index (χ3v) is 5.09. The average molecular weight is 345 g/mol. The molecule has 1 aliphatic heterocycles. The summed E-state index contributed by atoms with van der Waals surface area (Å²) in [6.45, 7) is 8.58. The van der Waals surface area contributed by atoms with Crippen molar-refractivity contribution in [2.45, 2.75) is 129 Å². The normalized spacial score (nSPS) is 27.5. The van der Waals surface area contributed by atoms with Crippen LogP contribution in [-0.4, -0.2) is 11.6 Å². The zero-order valence-corrected chi connectivity index (χ0v) is 16.5. The van der Waals surface area contributed by atoms with E-state index in [0.717, 1.165) is 38.5 Å². The third-order valence-electron chi connectivity index (χ3n) is 5.09. The Morgan fingerprint density at radius 3 is 1.08 bits per heavy atom. The Morgan fingerprint density at radius 1 is 0.458 bits per heavy atom. The van der Waals surface area contributed by atoms with E-state index in [2.05, 4.69) is 27.7 Å². The van der Waals surface area contributed by atoms with E-state index in [-0.39, 0.29) is 0 Å². The Kier molecular flexibility index (Phi) is 11.2. The summed E-state index contributed by atoms with van der Waals surface area (Å²) in [6, 6.07) is 0. The second-order valence-electron chi connectivity index (χ2n) is 7.19. The highest BCUT2D eigenvalue weighted by Crippen LogP contribution is 2.38. The van der Waals surface area contributed by atoms with Crippen LogP contribution in [-0.2, 0) is 19.6 Å². The van der Waals surface area contributed by atoms with Crippen LogP contribution in [0.1, 0.15) is 118 Å². The maximum atomic E-state index is 5.76. The Labute approximate surface area is 149 Å². The van der Waals surface area contributed by atoms with Gasteiger partial charge in [0.2, 0.25) is 11.6 Å². The van der Waals surface area contributed by atoms with Gasteiger partial charge in [-0.2, -0.15) is 19.6 Å². The van der Waals surface area contributed by atoms with Gasteiger partial charge in [-0.1, -0.05) is 79.1 Å². The summed E-state index contributed by atoms with van der Waals surface area (Å²) in [7, 11) is 0. The van der Waals surface area contributed by atoms with E-state index in [0.29, 0.717) is 0 Å². The molecular formula is C20H40O4. The summed E-state index contributed by atoms with van der Waals surface area (Å²) in [6.07, 6.45) is 15.3. The van der Waals surface area contributed by atoms with Crippen LogP contribution in [0.25, 0.3) is 0 Å². The molecule has 24 heavy (non-hydrogen) atoms. The molecule has 0 aliphatic carbocycles. The van der Waals surface area contributed by atoms with Gasteiger partial charge in [0.1, 0.15) is 0 Å². The summed E-state index contributed by atoms with van der Waals surface area (Å²) < 4.78 is 0. The summed E-state index contributed by atoms with van der Waals surface area (Å²) in [5.41, 5.74) is 0. The zero-order chi connectivity index (χ0) is 17.7. The fourth-order valence-corrected chi connectivity index (χ4v) is 3.08. The van der Waals surface area contributed by atoms with Crippen LogP contribution in [0.2, 0.25) is 0 Å². The molecule has 0 bridgehead atoms. The second kappa shape index (κ2) is 12.2. The van der Waals surface area contributed by atoms with E-state index >= 15 is 0 Å². The molecule has 0 saturated carbocycles. The van der Waals surface area contributed by atoms with Gasteiger partial charge < -0.3 is 0 Å². The van der Waals surface area contributed by atoms with Gasteiger partial charge >= 0.3 is 0 Å². The van der Waals surface area contributed by atoms with Crippen molar-refractivity contribution in [3.05, 3.63) is 0 Å². The minimum atomic E-state index is -0.729. The maximum Gasteiger partial charge on any atom is 0.234 e. The SMILES string of the molecule is CCCCCCCC1(CC)OOC(CC)(CCCCCCC)OO1. The predicted octanol–water partition coefficient (Wildman–Crippen LogP) is 6.83. The van der Waals surface area contributed by atoms with Gasteiger partial charge in [-0.05, 0) is 12.8 Å². The highest BCUT2D eigenvalue weighted by atomic mass is 17.4. The molecule has 1 fully saturated rings. The average Bonchev–Trinajstić information content (AvgIpc) is 2.63. The van der Waals surface area contributed by atoms with Crippen LogP contribution in [0.4, 0.5) is 0 Å². The molecule has 1 aliphatic rings. The van der Waals surface area contributed by atoms with Crippen LogP contribution in [0.15, 0.2) is 0 Å². The molecule has 0 spiro atoms. The van der Waals surface area contributed by atoms with E-state index < -0.39 is 11.6 Å². The van der Waals surface area contributed by atoms with E-state index in [1.165, 1.54) is 51.4 Å². The third kappa shape index (κ3) is 7.38. The fraction of sp³-hybridized carbons (Fsp3) is 1.00. The highest BCUT2D eigenvalue weighted by Gasteiger charge is 2.46. The molecule has 0 amide bonds. The monoisotopic (exact) mass is 344 g/mol. The molecule has 0 unspecified atom stereocenters. The van der Waals surface area contributed by atoms with Crippen molar-refractivity contribution in [1.29, 1.82) is 0 Å². The molecule has 0 aromatic heterocycles. The smallest absolute Gasteiger partial charge is 0.195 e. The predicted molar refractivity (Wildman–Crippen MR) is 97.1 cm³/mol. The maximum absolute atomic E-state index is 5.76. The van der Waals surface area contributed by atoms with Crippen molar-refractivity contribution in [1.82, 2.24) is 0 Å².